The number of hydrogen-bond donors (Lipinski definition) is 1. The van der Waals surface area contributed by atoms with Gasteiger partial charge in [-0.1, -0.05) is 65.4 Å². The number of aromatic nitrogens is 3. The van der Waals surface area contributed by atoms with Gasteiger partial charge in [-0.2, -0.15) is 0 Å². The number of rotatable bonds is 8. The summed E-state index contributed by atoms with van der Waals surface area (Å²) < 4.78 is 7.89. The highest BCUT2D eigenvalue weighted by Crippen LogP contribution is 2.27. The average Bonchev–Trinajstić information content (AvgIpc) is 3.23. The number of nitrogens with one attached hydrogen (secondary N) is 1. The number of benzene rings is 3. The van der Waals surface area contributed by atoms with Crippen molar-refractivity contribution >= 4 is 23.4 Å². The maximum absolute atomic E-state index is 12.8. The first kappa shape index (κ1) is 22.6. The molecule has 4 rings (SSSR count). The number of carbonyl (C=O) groups excluding carboxylic acids is 1. The van der Waals surface area contributed by atoms with E-state index in [0.29, 0.717) is 11.0 Å². The molecule has 0 radical (unpaired) electrons. The standard InChI is InChI=1S/C26H26N4O2S/c1-18-9-13-21(14-10-18)27-25(31)20(3)33-26-29-28-24(30(26)22-7-5-4-6-8-22)17-32-23-15-11-19(2)12-16-23/h4-16,20H,17H2,1-3H3,(H,27,31)/t20-/m1/s1. The van der Waals surface area contributed by atoms with Gasteiger partial charge in [-0.05, 0) is 57.2 Å². The molecule has 168 valence electrons. The van der Waals surface area contributed by atoms with Gasteiger partial charge in [0, 0.05) is 11.4 Å². The molecule has 0 bridgehead atoms. The summed E-state index contributed by atoms with van der Waals surface area (Å²) in [6.07, 6.45) is 0. The van der Waals surface area contributed by atoms with E-state index >= 15 is 0 Å². The van der Waals surface area contributed by atoms with Crippen LogP contribution >= 0.6 is 11.8 Å². The van der Waals surface area contributed by atoms with Crippen LogP contribution in [0.3, 0.4) is 0 Å². The van der Waals surface area contributed by atoms with Crippen molar-refractivity contribution in [3.8, 4) is 11.4 Å². The highest BCUT2D eigenvalue weighted by atomic mass is 32.2. The van der Waals surface area contributed by atoms with Crippen molar-refractivity contribution in [3.63, 3.8) is 0 Å². The molecule has 1 atom stereocenters. The molecular weight excluding hydrogens is 432 g/mol. The minimum absolute atomic E-state index is 0.0936. The fourth-order valence-corrected chi connectivity index (χ4v) is 4.07. The molecule has 0 aliphatic rings. The molecule has 0 saturated heterocycles. The van der Waals surface area contributed by atoms with E-state index in [-0.39, 0.29) is 17.8 Å². The molecule has 0 fully saturated rings. The Hall–Kier alpha value is -3.58. The lowest BCUT2D eigenvalue weighted by Crippen LogP contribution is -2.23. The zero-order chi connectivity index (χ0) is 23.2. The van der Waals surface area contributed by atoms with Crippen LogP contribution in [-0.4, -0.2) is 25.9 Å². The first-order chi connectivity index (χ1) is 16.0. The second kappa shape index (κ2) is 10.4. The second-order valence-corrected chi connectivity index (χ2v) is 9.09. The van der Waals surface area contributed by atoms with Crippen molar-refractivity contribution < 1.29 is 9.53 Å². The highest BCUT2D eigenvalue weighted by Gasteiger charge is 2.21. The fourth-order valence-electron chi connectivity index (χ4n) is 3.18. The van der Waals surface area contributed by atoms with Crippen molar-refractivity contribution in [1.29, 1.82) is 0 Å². The summed E-state index contributed by atoms with van der Waals surface area (Å²) in [6.45, 7) is 6.17. The molecule has 1 amide bonds. The van der Waals surface area contributed by atoms with Gasteiger partial charge in [-0.25, -0.2) is 0 Å². The average molecular weight is 459 g/mol. The summed E-state index contributed by atoms with van der Waals surface area (Å²) in [5.74, 6) is 1.34. The van der Waals surface area contributed by atoms with Crippen LogP contribution in [0.2, 0.25) is 0 Å². The van der Waals surface area contributed by atoms with Crippen LogP contribution in [0.4, 0.5) is 5.69 Å². The summed E-state index contributed by atoms with van der Waals surface area (Å²) in [5.41, 5.74) is 4.01. The van der Waals surface area contributed by atoms with E-state index in [1.54, 1.807) is 0 Å². The topological polar surface area (TPSA) is 69.0 Å². The van der Waals surface area contributed by atoms with E-state index in [1.807, 2.05) is 104 Å². The van der Waals surface area contributed by atoms with Gasteiger partial charge in [0.05, 0.1) is 5.25 Å². The Morgan fingerprint density at radius 1 is 0.939 bits per heavy atom. The monoisotopic (exact) mass is 458 g/mol. The maximum atomic E-state index is 12.8. The molecule has 0 spiro atoms. The minimum atomic E-state index is -0.371. The summed E-state index contributed by atoms with van der Waals surface area (Å²) in [6, 6.07) is 25.5. The summed E-state index contributed by atoms with van der Waals surface area (Å²) >= 11 is 1.36. The van der Waals surface area contributed by atoms with Crippen molar-refractivity contribution in [2.24, 2.45) is 0 Å². The Morgan fingerprint density at radius 2 is 1.58 bits per heavy atom. The molecule has 4 aromatic rings. The molecule has 33 heavy (non-hydrogen) atoms. The molecule has 7 heteroatoms. The Balaban J connectivity index is 1.52. The number of para-hydroxylation sites is 1. The van der Waals surface area contributed by atoms with Crippen molar-refractivity contribution in [2.45, 2.75) is 37.8 Å². The van der Waals surface area contributed by atoms with Crippen LogP contribution in [-0.2, 0) is 11.4 Å². The van der Waals surface area contributed by atoms with Crippen LogP contribution in [0.1, 0.15) is 23.9 Å². The third-order valence-electron chi connectivity index (χ3n) is 5.07. The van der Waals surface area contributed by atoms with E-state index in [9.17, 15) is 4.79 Å². The molecule has 3 aromatic carbocycles. The van der Waals surface area contributed by atoms with Crippen molar-refractivity contribution in [2.75, 3.05) is 5.32 Å². The van der Waals surface area contributed by atoms with Gasteiger partial charge in [0.25, 0.3) is 0 Å². The van der Waals surface area contributed by atoms with Gasteiger partial charge in [0.15, 0.2) is 11.0 Å². The first-order valence-electron chi connectivity index (χ1n) is 10.7. The van der Waals surface area contributed by atoms with Gasteiger partial charge in [0.2, 0.25) is 5.91 Å². The van der Waals surface area contributed by atoms with Crippen LogP contribution in [0.15, 0.2) is 84.0 Å². The van der Waals surface area contributed by atoms with Gasteiger partial charge in [-0.3, -0.25) is 9.36 Å². The van der Waals surface area contributed by atoms with Crippen LogP contribution in [0.5, 0.6) is 5.75 Å². The zero-order valence-electron chi connectivity index (χ0n) is 18.9. The minimum Gasteiger partial charge on any atom is -0.486 e. The van der Waals surface area contributed by atoms with Gasteiger partial charge in [0.1, 0.15) is 12.4 Å². The third kappa shape index (κ3) is 5.81. The maximum Gasteiger partial charge on any atom is 0.237 e. The molecule has 0 aliphatic carbocycles. The Kier molecular flexibility index (Phi) is 7.10. The summed E-state index contributed by atoms with van der Waals surface area (Å²) in [4.78, 5) is 12.8. The lowest BCUT2D eigenvalue weighted by molar-refractivity contribution is -0.115. The number of amides is 1. The lowest BCUT2D eigenvalue weighted by atomic mass is 10.2. The lowest BCUT2D eigenvalue weighted by Gasteiger charge is -2.14. The zero-order valence-corrected chi connectivity index (χ0v) is 19.7. The largest absolute Gasteiger partial charge is 0.486 e. The van der Waals surface area contributed by atoms with Crippen molar-refractivity contribution in [3.05, 3.63) is 95.8 Å². The molecule has 0 unspecified atom stereocenters. The predicted molar refractivity (Wildman–Crippen MR) is 132 cm³/mol. The molecule has 1 N–H and O–H groups in total. The number of hydrogen-bond acceptors (Lipinski definition) is 5. The summed E-state index contributed by atoms with van der Waals surface area (Å²) in [5, 5.41) is 12.0. The fraction of sp³-hybridized carbons (Fsp3) is 0.192. The molecule has 0 saturated carbocycles. The van der Waals surface area contributed by atoms with Crippen molar-refractivity contribution in [1.82, 2.24) is 14.8 Å². The Morgan fingerprint density at radius 3 is 2.24 bits per heavy atom. The molecule has 6 nitrogen and oxygen atoms in total. The molecule has 0 aliphatic heterocycles. The number of ether oxygens (including phenoxy) is 1. The van der Waals surface area contributed by atoms with Gasteiger partial charge < -0.3 is 10.1 Å². The van der Waals surface area contributed by atoms with E-state index in [2.05, 4.69) is 15.5 Å². The van der Waals surface area contributed by atoms with Gasteiger partial charge in [-0.15, -0.1) is 10.2 Å². The molecule has 1 heterocycles. The third-order valence-corrected chi connectivity index (χ3v) is 6.12. The van der Waals surface area contributed by atoms with Crippen LogP contribution in [0.25, 0.3) is 5.69 Å². The summed E-state index contributed by atoms with van der Waals surface area (Å²) in [7, 11) is 0. The number of thioether (sulfide) groups is 1. The Labute approximate surface area is 198 Å². The van der Waals surface area contributed by atoms with E-state index < -0.39 is 0 Å². The molecule has 1 aromatic heterocycles. The SMILES string of the molecule is Cc1ccc(NC(=O)[C@@H](C)Sc2nnc(COc3ccc(C)cc3)n2-c2ccccc2)cc1. The second-order valence-electron chi connectivity index (χ2n) is 7.79. The number of aryl methyl sites for hydroxylation is 2. The molecular formula is C26H26N4O2S. The highest BCUT2D eigenvalue weighted by molar-refractivity contribution is 8.00. The Bertz CT molecular complexity index is 1210. The smallest absolute Gasteiger partial charge is 0.237 e. The van der Waals surface area contributed by atoms with Crippen LogP contribution in [0, 0.1) is 13.8 Å². The van der Waals surface area contributed by atoms with E-state index in [4.69, 9.17) is 4.74 Å². The predicted octanol–water partition coefficient (Wildman–Crippen LogP) is 5.58. The van der Waals surface area contributed by atoms with Crippen LogP contribution < -0.4 is 10.1 Å². The quantitative estimate of drug-likeness (QED) is 0.349. The number of anilines is 1. The first-order valence-corrected chi connectivity index (χ1v) is 11.6. The number of nitrogens with zero attached hydrogens (tertiary/aromatic N) is 3. The van der Waals surface area contributed by atoms with Gasteiger partial charge >= 0.3 is 0 Å². The number of carbonyl (C=O) groups is 1. The van der Waals surface area contributed by atoms with E-state index in [0.717, 1.165) is 22.7 Å². The normalized spacial score (nSPS) is 11.7. The van der Waals surface area contributed by atoms with E-state index in [1.165, 1.54) is 17.3 Å².